The second-order valence-corrected chi connectivity index (χ2v) is 4.01. The Hall–Kier alpha value is -2.18. The molecule has 0 spiro atoms. The first-order valence-corrected chi connectivity index (χ1v) is 5.32. The highest BCUT2D eigenvalue weighted by Crippen LogP contribution is 2.35. The summed E-state index contributed by atoms with van der Waals surface area (Å²) in [6, 6.07) is 3.74. The van der Waals surface area contributed by atoms with Gasteiger partial charge in [-0.2, -0.15) is 13.2 Å². The van der Waals surface area contributed by atoms with Crippen LogP contribution in [0.1, 0.15) is 5.56 Å². The molecule has 2 rings (SSSR count). The minimum absolute atomic E-state index is 0.247. The zero-order valence-electron chi connectivity index (χ0n) is 9.73. The summed E-state index contributed by atoms with van der Waals surface area (Å²) >= 11 is 0. The van der Waals surface area contributed by atoms with Gasteiger partial charge in [-0.3, -0.25) is 0 Å². The fourth-order valence-corrected chi connectivity index (χ4v) is 1.70. The highest BCUT2D eigenvalue weighted by Gasteiger charge is 2.34. The molecule has 2 N–H and O–H groups in total. The van der Waals surface area contributed by atoms with E-state index >= 15 is 0 Å². The smallest absolute Gasteiger partial charge is 0.394 e. The van der Waals surface area contributed by atoms with E-state index in [-0.39, 0.29) is 11.1 Å². The third kappa shape index (κ3) is 2.43. The summed E-state index contributed by atoms with van der Waals surface area (Å²) in [4.78, 5) is 0. The van der Waals surface area contributed by atoms with Gasteiger partial charge >= 0.3 is 6.18 Å². The first kappa shape index (κ1) is 14.2. The molecule has 106 valence electrons. The Morgan fingerprint density at radius 2 is 1.45 bits per heavy atom. The molecule has 7 heteroatoms. The summed E-state index contributed by atoms with van der Waals surface area (Å²) in [5, 5.41) is 0. The van der Waals surface area contributed by atoms with Gasteiger partial charge in [-0.1, -0.05) is 6.07 Å². The fourth-order valence-electron chi connectivity index (χ4n) is 1.70. The highest BCUT2D eigenvalue weighted by molar-refractivity contribution is 5.69. The number of benzene rings is 2. The summed E-state index contributed by atoms with van der Waals surface area (Å²) in [5.74, 6) is -3.69. The van der Waals surface area contributed by atoms with Crippen LogP contribution in [-0.2, 0) is 6.18 Å². The molecule has 0 saturated heterocycles. The van der Waals surface area contributed by atoms with Gasteiger partial charge in [0.05, 0.1) is 5.56 Å². The van der Waals surface area contributed by atoms with Crippen molar-refractivity contribution in [3.63, 3.8) is 0 Å². The standard InChI is InChI=1S/C13H7F6N/c14-9-3-1-6(5-8(9)13(17,18)19)7-2-4-10(15)12(20)11(7)16/h1-5H,20H2. The van der Waals surface area contributed by atoms with Crippen LogP contribution in [0.5, 0.6) is 0 Å². The first-order valence-electron chi connectivity index (χ1n) is 5.32. The van der Waals surface area contributed by atoms with Crippen LogP contribution in [0.15, 0.2) is 30.3 Å². The van der Waals surface area contributed by atoms with E-state index in [2.05, 4.69) is 0 Å². The van der Waals surface area contributed by atoms with E-state index < -0.39 is 34.9 Å². The van der Waals surface area contributed by atoms with E-state index in [1.165, 1.54) is 0 Å². The maximum atomic E-state index is 13.7. The lowest BCUT2D eigenvalue weighted by Crippen LogP contribution is -2.08. The molecule has 0 radical (unpaired) electrons. The molecule has 2 aromatic carbocycles. The molecule has 0 fully saturated rings. The van der Waals surface area contributed by atoms with Crippen molar-refractivity contribution in [1.29, 1.82) is 0 Å². The first-order chi connectivity index (χ1) is 9.21. The molecular formula is C13H7F6N. The van der Waals surface area contributed by atoms with Crippen LogP contribution in [0.2, 0.25) is 0 Å². The fraction of sp³-hybridized carbons (Fsp3) is 0.0769. The van der Waals surface area contributed by atoms with E-state index in [1.54, 1.807) is 0 Å². The zero-order chi connectivity index (χ0) is 15.1. The Balaban J connectivity index is 2.63. The van der Waals surface area contributed by atoms with Crippen molar-refractivity contribution in [3.05, 3.63) is 53.3 Å². The minimum Gasteiger partial charge on any atom is -0.394 e. The topological polar surface area (TPSA) is 26.0 Å². The number of anilines is 1. The Morgan fingerprint density at radius 3 is 2.05 bits per heavy atom. The Kier molecular flexibility index (Phi) is 3.37. The monoisotopic (exact) mass is 291 g/mol. The molecule has 20 heavy (non-hydrogen) atoms. The van der Waals surface area contributed by atoms with E-state index in [1.807, 2.05) is 0 Å². The van der Waals surface area contributed by atoms with Gasteiger partial charge in [-0.25, -0.2) is 13.2 Å². The third-order valence-corrected chi connectivity index (χ3v) is 2.71. The lowest BCUT2D eigenvalue weighted by atomic mass is 10.0. The van der Waals surface area contributed by atoms with Crippen LogP contribution >= 0.6 is 0 Å². The van der Waals surface area contributed by atoms with Crippen LogP contribution in [0.4, 0.5) is 32.0 Å². The van der Waals surface area contributed by atoms with E-state index in [0.29, 0.717) is 12.1 Å². The average Bonchev–Trinajstić information content (AvgIpc) is 2.36. The van der Waals surface area contributed by atoms with Crippen LogP contribution in [0, 0.1) is 17.5 Å². The number of hydrogen-bond donors (Lipinski definition) is 1. The molecule has 2 aromatic rings. The van der Waals surface area contributed by atoms with Crippen LogP contribution in [0.3, 0.4) is 0 Å². The number of hydrogen-bond acceptors (Lipinski definition) is 1. The third-order valence-electron chi connectivity index (χ3n) is 2.71. The molecule has 0 aliphatic rings. The van der Waals surface area contributed by atoms with E-state index in [9.17, 15) is 26.3 Å². The van der Waals surface area contributed by atoms with Gasteiger partial charge in [0.25, 0.3) is 0 Å². The molecule has 0 aliphatic heterocycles. The number of alkyl halides is 3. The molecule has 0 aromatic heterocycles. The largest absolute Gasteiger partial charge is 0.419 e. The summed E-state index contributed by atoms with van der Waals surface area (Å²) in [5.41, 5.74) is 2.21. The minimum atomic E-state index is -4.91. The molecule has 1 nitrogen and oxygen atoms in total. The van der Waals surface area contributed by atoms with Crippen molar-refractivity contribution < 1.29 is 26.3 Å². The van der Waals surface area contributed by atoms with Crippen molar-refractivity contribution in [2.75, 3.05) is 5.73 Å². The predicted octanol–water partition coefficient (Wildman–Crippen LogP) is 4.37. The predicted molar refractivity (Wildman–Crippen MR) is 61.2 cm³/mol. The summed E-state index contributed by atoms with van der Waals surface area (Å²) < 4.78 is 77.6. The molecule has 0 atom stereocenters. The van der Waals surface area contributed by atoms with Gasteiger partial charge in [-0.15, -0.1) is 0 Å². The Labute approximate surface area is 109 Å². The Morgan fingerprint density at radius 1 is 0.850 bits per heavy atom. The van der Waals surface area contributed by atoms with E-state index in [4.69, 9.17) is 5.73 Å². The molecular weight excluding hydrogens is 284 g/mol. The molecule has 0 aliphatic carbocycles. The van der Waals surface area contributed by atoms with Crippen molar-refractivity contribution in [1.82, 2.24) is 0 Å². The SMILES string of the molecule is Nc1c(F)ccc(-c2ccc(F)c(C(F)(F)F)c2)c1F. The van der Waals surface area contributed by atoms with Gasteiger partial charge in [0, 0.05) is 5.56 Å². The second kappa shape index (κ2) is 4.73. The van der Waals surface area contributed by atoms with E-state index in [0.717, 1.165) is 18.2 Å². The van der Waals surface area contributed by atoms with Crippen molar-refractivity contribution >= 4 is 5.69 Å². The average molecular weight is 291 g/mol. The number of halogens is 6. The van der Waals surface area contributed by atoms with Crippen LogP contribution in [0.25, 0.3) is 11.1 Å². The second-order valence-electron chi connectivity index (χ2n) is 4.01. The molecule has 0 unspecified atom stereocenters. The van der Waals surface area contributed by atoms with Crippen molar-refractivity contribution in [2.24, 2.45) is 0 Å². The maximum Gasteiger partial charge on any atom is 0.419 e. The normalized spacial score (nSPS) is 11.7. The summed E-state index contributed by atoms with van der Waals surface area (Å²) in [6.07, 6.45) is -4.91. The van der Waals surface area contributed by atoms with Gasteiger partial charge < -0.3 is 5.73 Å². The van der Waals surface area contributed by atoms with Crippen LogP contribution < -0.4 is 5.73 Å². The van der Waals surface area contributed by atoms with Gasteiger partial charge in [-0.05, 0) is 29.8 Å². The summed E-state index contributed by atoms with van der Waals surface area (Å²) in [6.45, 7) is 0. The molecule has 0 saturated carbocycles. The summed E-state index contributed by atoms with van der Waals surface area (Å²) in [7, 11) is 0. The maximum absolute atomic E-state index is 13.7. The van der Waals surface area contributed by atoms with Gasteiger partial charge in [0.2, 0.25) is 0 Å². The quantitative estimate of drug-likeness (QED) is 0.612. The lowest BCUT2D eigenvalue weighted by Gasteiger charge is -2.11. The molecule has 0 heterocycles. The van der Waals surface area contributed by atoms with Crippen molar-refractivity contribution in [2.45, 2.75) is 6.18 Å². The molecule has 0 bridgehead atoms. The number of nitrogen functional groups attached to an aromatic ring is 1. The number of nitrogens with two attached hydrogens (primary N) is 1. The number of rotatable bonds is 1. The highest BCUT2D eigenvalue weighted by atomic mass is 19.4. The zero-order valence-corrected chi connectivity index (χ0v) is 9.73. The Bertz CT molecular complexity index is 663. The van der Waals surface area contributed by atoms with Crippen molar-refractivity contribution in [3.8, 4) is 11.1 Å². The van der Waals surface area contributed by atoms with Gasteiger partial charge in [0.1, 0.15) is 17.3 Å². The van der Waals surface area contributed by atoms with Crippen LogP contribution in [-0.4, -0.2) is 0 Å². The molecule has 0 amide bonds. The lowest BCUT2D eigenvalue weighted by molar-refractivity contribution is -0.139. The van der Waals surface area contributed by atoms with Gasteiger partial charge in [0.15, 0.2) is 5.82 Å².